The molecule has 1 N–H and O–H groups in total. The van der Waals surface area contributed by atoms with Crippen molar-refractivity contribution in [3.05, 3.63) is 0 Å². The highest BCUT2D eigenvalue weighted by Crippen LogP contribution is 2.40. The number of piperazine rings is 1. The van der Waals surface area contributed by atoms with Crippen molar-refractivity contribution in [2.24, 2.45) is 0 Å². The molecule has 0 radical (unpaired) electrons. The van der Waals surface area contributed by atoms with Crippen LogP contribution < -0.4 is 5.32 Å². The molecule has 2 aliphatic carbocycles. The van der Waals surface area contributed by atoms with Gasteiger partial charge in [0, 0.05) is 6.04 Å². The zero-order valence-electron chi connectivity index (χ0n) is 12.5. The van der Waals surface area contributed by atoms with Gasteiger partial charge in [-0.25, -0.2) is 0 Å². The van der Waals surface area contributed by atoms with Crippen LogP contribution in [-0.4, -0.2) is 34.3 Å². The Labute approximate surface area is 121 Å². The number of nitrogens with zero attached hydrogens (tertiary/aromatic N) is 1. The van der Waals surface area contributed by atoms with Crippen LogP contribution >= 0.6 is 0 Å². The molecule has 1 spiro atoms. The Morgan fingerprint density at radius 3 is 2.25 bits per heavy atom. The average Bonchev–Trinajstić information content (AvgIpc) is 2.48. The molecule has 4 heteroatoms. The van der Waals surface area contributed by atoms with Gasteiger partial charge in [0.25, 0.3) is 0 Å². The predicted molar refractivity (Wildman–Crippen MR) is 77.1 cm³/mol. The van der Waals surface area contributed by atoms with Crippen LogP contribution in [0.3, 0.4) is 0 Å². The Hall–Kier alpha value is -1.06. The van der Waals surface area contributed by atoms with Gasteiger partial charge in [0.2, 0.25) is 11.8 Å². The molecule has 3 aliphatic rings. The van der Waals surface area contributed by atoms with E-state index in [0.29, 0.717) is 6.04 Å². The summed E-state index contributed by atoms with van der Waals surface area (Å²) in [6.07, 6.45) is 10.9. The van der Waals surface area contributed by atoms with Crippen LogP contribution in [0.1, 0.15) is 71.1 Å². The highest BCUT2D eigenvalue weighted by Gasteiger charge is 2.53. The van der Waals surface area contributed by atoms with Gasteiger partial charge in [-0.1, -0.05) is 38.5 Å². The number of hydrogen-bond donors (Lipinski definition) is 1. The van der Waals surface area contributed by atoms with E-state index in [4.69, 9.17) is 0 Å². The fraction of sp³-hybridized carbons (Fsp3) is 0.875. The maximum atomic E-state index is 12.8. The molecule has 1 saturated heterocycles. The van der Waals surface area contributed by atoms with Crippen LogP contribution in [-0.2, 0) is 9.59 Å². The normalized spacial score (nSPS) is 31.4. The number of amides is 2. The van der Waals surface area contributed by atoms with Gasteiger partial charge in [-0.2, -0.15) is 0 Å². The second-order valence-electron chi connectivity index (χ2n) is 6.79. The fourth-order valence-electron chi connectivity index (χ4n) is 4.39. The summed E-state index contributed by atoms with van der Waals surface area (Å²) in [5, 5.41) is 2.93. The molecule has 0 aromatic carbocycles. The number of nitrogens with one attached hydrogen (secondary N) is 1. The fourth-order valence-corrected chi connectivity index (χ4v) is 4.39. The minimum Gasteiger partial charge on any atom is -0.343 e. The standard InChI is InChI=1S/C16H26N2O2/c1-12-14(19)18(13-8-4-2-5-9-13)16(15(20)17-12)10-6-3-7-11-16/h12-13H,2-11H2,1H3,(H,17,20). The number of carbonyl (C=O) groups is 2. The van der Waals surface area contributed by atoms with Gasteiger partial charge in [-0.3, -0.25) is 9.59 Å². The molecule has 112 valence electrons. The molecule has 0 aromatic rings. The molecule has 2 amide bonds. The summed E-state index contributed by atoms with van der Waals surface area (Å²) in [5.41, 5.74) is -0.524. The summed E-state index contributed by atoms with van der Waals surface area (Å²) in [4.78, 5) is 27.5. The van der Waals surface area contributed by atoms with Crippen molar-refractivity contribution in [1.29, 1.82) is 0 Å². The SMILES string of the molecule is CC1NC(=O)C2(CCCCC2)N(C2CCCCC2)C1=O. The van der Waals surface area contributed by atoms with Crippen LogP contribution in [0.25, 0.3) is 0 Å². The monoisotopic (exact) mass is 278 g/mol. The van der Waals surface area contributed by atoms with Crippen molar-refractivity contribution in [1.82, 2.24) is 10.2 Å². The molecule has 2 saturated carbocycles. The van der Waals surface area contributed by atoms with E-state index in [9.17, 15) is 9.59 Å². The van der Waals surface area contributed by atoms with Crippen molar-refractivity contribution >= 4 is 11.8 Å². The maximum Gasteiger partial charge on any atom is 0.246 e. The predicted octanol–water partition coefficient (Wildman–Crippen LogP) is 2.37. The first-order valence-corrected chi connectivity index (χ1v) is 8.29. The highest BCUT2D eigenvalue weighted by atomic mass is 16.2. The number of hydrogen-bond acceptors (Lipinski definition) is 2. The van der Waals surface area contributed by atoms with Crippen LogP contribution in [0.15, 0.2) is 0 Å². The van der Waals surface area contributed by atoms with E-state index in [2.05, 4.69) is 5.32 Å². The molecule has 1 heterocycles. The zero-order valence-corrected chi connectivity index (χ0v) is 12.5. The van der Waals surface area contributed by atoms with Gasteiger partial charge < -0.3 is 10.2 Å². The third-order valence-electron chi connectivity index (χ3n) is 5.46. The lowest BCUT2D eigenvalue weighted by Gasteiger charge is -2.53. The third-order valence-corrected chi connectivity index (χ3v) is 5.46. The average molecular weight is 278 g/mol. The van der Waals surface area contributed by atoms with E-state index < -0.39 is 5.54 Å². The first-order valence-electron chi connectivity index (χ1n) is 8.29. The van der Waals surface area contributed by atoms with E-state index in [1.54, 1.807) is 0 Å². The third kappa shape index (κ3) is 2.13. The van der Waals surface area contributed by atoms with Gasteiger partial charge in [-0.15, -0.1) is 0 Å². The zero-order chi connectivity index (χ0) is 14.2. The van der Waals surface area contributed by atoms with Gasteiger partial charge in [0.15, 0.2) is 0 Å². The van der Waals surface area contributed by atoms with Crippen molar-refractivity contribution < 1.29 is 9.59 Å². The second kappa shape index (κ2) is 5.38. The largest absolute Gasteiger partial charge is 0.343 e. The summed E-state index contributed by atoms with van der Waals surface area (Å²) in [6.45, 7) is 1.83. The molecule has 1 unspecified atom stereocenters. The van der Waals surface area contributed by atoms with Crippen molar-refractivity contribution in [2.75, 3.05) is 0 Å². The first kappa shape index (κ1) is 13.9. The first-order chi connectivity index (χ1) is 9.65. The van der Waals surface area contributed by atoms with E-state index in [1.807, 2.05) is 11.8 Å². The van der Waals surface area contributed by atoms with Gasteiger partial charge in [-0.05, 0) is 32.6 Å². The van der Waals surface area contributed by atoms with E-state index in [1.165, 1.54) is 25.7 Å². The Bertz CT molecular complexity index is 395. The summed E-state index contributed by atoms with van der Waals surface area (Å²) in [7, 11) is 0. The number of carbonyl (C=O) groups excluding carboxylic acids is 2. The maximum absolute atomic E-state index is 12.8. The lowest BCUT2D eigenvalue weighted by atomic mass is 9.75. The van der Waals surface area contributed by atoms with Gasteiger partial charge in [0.05, 0.1) is 0 Å². The Morgan fingerprint density at radius 1 is 1.00 bits per heavy atom. The lowest BCUT2D eigenvalue weighted by Crippen LogP contribution is -2.72. The lowest BCUT2D eigenvalue weighted by molar-refractivity contribution is -0.164. The molecular weight excluding hydrogens is 252 g/mol. The molecule has 0 bridgehead atoms. The van der Waals surface area contributed by atoms with Crippen LogP contribution in [0.2, 0.25) is 0 Å². The molecular formula is C16H26N2O2. The molecule has 3 rings (SSSR count). The smallest absolute Gasteiger partial charge is 0.246 e. The summed E-state index contributed by atoms with van der Waals surface area (Å²) >= 11 is 0. The minimum atomic E-state index is -0.524. The molecule has 0 aromatic heterocycles. The van der Waals surface area contributed by atoms with Crippen LogP contribution in [0.4, 0.5) is 0 Å². The van der Waals surface area contributed by atoms with Crippen molar-refractivity contribution in [2.45, 2.75) is 88.8 Å². The van der Waals surface area contributed by atoms with Crippen molar-refractivity contribution in [3.8, 4) is 0 Å². The van der Waals surface area contributed by atoms with E-state index >= 15 is 0 Å². The molecule has 20 heavy (non-hydrogen) atoms. The number of rotatable bonds is 1. The summed E-state index contributed by atoms with van der Waals surface area (Å²) in [6, 6.07) is -0.0557. The highest BCUT2D eigenvalue weighted by molar-refractivity contribution is 5.99. The topological polar surface area (TPSA) is 49.4 Å². The molecule has 4 nitrogen and oxygen atoms in total. The Balaban J connectivity index is 1.93. The van der Waals surface area contributed by atoms with Crippen LogP contribution in [0.5, 0.6) is 0 Å². The summed E-state index contributed by atoms with van der Waals surface area (Å²) in [5.74, 6) is 0.258. The molecule has 1 aliphatic heterocycles. The Kier molecular flexibility index (Phi) is 3.74. The molecule has 1 atom stereocenters. The molecule has 3 fully saturated rings. The minimum absolute atomic E-state index is 0.106. The summed E-state index contributed by atoms with van der Waals surface area (Å²) < 4.78 is 0. The quantitative estimate of drug-likeness (QED) is 0.800. The van der Waals surface area contributed by atoms with Crippen molar-refractivity contribution in [3.63, 3.8) is 0 Å². The van der Waals surface area contributed by atoms with Gasteiger partial charge >= 0.3 is 0 Å². The van der Waals surface area contributed by atoms with Gasteiger partial charge in [0.1, 0.15) is 11.6 Å². The van der Waals surface area contributed by atoms with Crippen LogP contribution in [0, 0.1) is 0 Å². The Morgan fingerprint density at radius 2 is 1.60 bits per heavy atom. The second-order valence-corrected chi connectivity index (χ2v) is 6.79. The van der Waals surface area contributed by atoms with E-state index in [-0.39, 0.29) is 17.9 Å². The van der Waals surface area contributed by atoms with E-state index in [0.717, 1.165) is 38.5 Å².